The van der Waals surface area contributed by atoms with Gasteiger partial charge in [0.25, 0.3) is 6.48 Å². The summed E-state index contributed by atoms with van der Waals surface area (Å²) in [6, 6.07) is 0. The van der Waals surface area contributed by atoms with Crippen molar-refractivity contribution in [3.8, 4) is 0 Å². The van der Waals surface area contributed by atoms with Gasteiger partial charge in [0.15, 0.2) is 0 Å². The van der Waals surface area contributed by atoms with Gasteiger partial charge >= 0.3 is 0 Å². The van der Waals surface area contributed by atoms with E-state index in [4.69, 9.17) is 14.2 Å². The third kappa shape index (κ3) is 5.52. The fourth-order valence-corrected chi connectivity index (χ4v) is 0.685. The Kier molecular flexibility index (Phi) is 7.45. The second kappa shape index (κ2) is 7.53. The lowest BCUT2D eigenvalue weighted by Crippen LogP contribution is -2.25. The maximum Gasteiger partial charge on any atom is 0.271 e. The summed E-state index contributed by atoms with van der Waals surface area (Å²) in [5.41, 5.74) is 0. The van der Waals surface area contributed by atoms with Gasteiger partial charge in [-0.3, -0.25) is 0 Å². The van der Waals surface area contributed by atoms with Crippen molar-refractivity contribution in [2.24, 2.45) is 0 Å². The van der Waals surface area contributed by atoms with Crippen molar-refractivity contribution in [2.45, 2.75) is 46.7 Å². The van der Waals surface area contributed by atoms with Crippen LogP contribution in [0.1, 0.15) is 34.1 Å². The molecular formula is C9H20O3. The maximum atomic E-state index is 5.44. The summed E-state index contributed by atoms with van der Waals surface area (Å²) in [7, 11) is 0. The molecule has 0 fully saturated rings. The Morgan fingerprint density at radius 2 is 1.50 bits per heavy atom. The summed E-state index contributed by atoms with van der Waals surface area (Å²) in [5, 5.41) is 0. The monoisotopic (exact) mass is 176 g/mol. The zero-order chi connectivity index (χ0) is 9.40. The second-order valence-corrected chi connectivity index (χ2v) is 2.55. The zero-order valence-electron chi connectivity index (χ0n) is 8.50. The van der Waals surface area contributed by atoms with E-state index in [1.165, 1.54) is 0 Å². The Hall–Kier alpha value is -0.120. The Balaban J connectivity index is 3.61. The summed E-state index contributed by atoms with van der Waals surface area (Å²) in [4.78, 5) is 0. The van der Waals surface area contributed by atoms with Crippen LogP contribution in [0.3, 0.4) is 0 Å². The lowest BCUT2D eigenvalue weighted by atomic mass is 10.3. The summed E-state index contributed by atoms with van der Waals surface area (Å²) in [5.74, 6) is 0. The van der Waals surface area contributed by atoms with Gasteiger partial charge in [-0.15, -0.1) is 0 Å². The van der Waals surface area contributed by atoms with Gasteiger partial charge < -0.3 is 14.2 Å². The van der Waals surface area contributed by atoms with E-state index in [0.717, 1.165) is 6.42 Å². The molecule has 0 rings (SSSR count). The van der Waals surface area contributed by atoms with Crippen LogP contribution >= 0.6 is 0 Å². The van der Waals surface area contributed by atoms with Crippen molar-refractivity contribution in [3.05, 3.63) is 0 Å². The van der Waals surface area contributed by atoms with Crippen LogP contribution in [0.4, 0.5) is 0 Å². The minimum absolute atomic E-state index is 0.188. The highest BCUT2D eigenvalue weighted by molar-refractivity contribution is 4.43. The molecule has 1 unspecified atom stereocenters. The molecule has 0 bridgehead atoms. The average molecular weight is 176 g/mol. The highest BCUT2D eigenvalue weighted by Gasteiger charge is 2.11. The van der Waals surface area contributed by atoms with E-state index < -0.39 is 6.48 Å². The van der Waals surface area contributed by atoms with Crippen molar-refractivity contribution in [1.29, 1.82) is 0 Å². The average Bonchev–Trinajstić information content (AvgIpc) is 2.05. The Bertz CT molecular complexity index is 89.8. The highest BCUT2D eigenvalue weighted by atomic mass is 16.8. The standard InChI is InChI=1S/C9H20O3/c1-5-8(4)12-9(10-6-2)11-7-3/h8-9H,5-7H2,1-4H3. The molecule has 0 saturated heterocycles. The van der Waals surface area contributed by atoms with Crippen molar-refractivity contribution in [2.75, 3.05) is 13.2 Å². The van der Waals surface area contributed by atoms with E-state index in [2.05, 4.69) is 6.92 Å². The van der Waals surface area contributed by atoms with Crippen LogP contribution in [-0.4, -0.2) is 25.8 Å². The molecule has 0 radical (unpaired) electrons. The molecular weight excluding hydrogens is 156 g/mol. The molecule has 0 saturated carbocycles. The molecule has 12 heavy (non-hydrogen) atoms. The molecule has 0 aromatic heterocycles. The van der Waals surface area contributed by atoms with Gasteiger partial charge in [0, 0.05) is 13.2 Å². The SMILES string of the molecule is CCOC(OCC)OC(C)CC. The van der Waals surface area contributed by atoms with Gasteiger partial charge in [-0.2, -0.15) is 0 Å². The molecule has 0 aromatic carbocycles. The lowest BCUT2D eigenvalue weighted by molar-refractivity contribution is -0.299. The summed E-state index contributed by atoms with van der Waals surface area (Å²) in [6.45, 7) is 8.65. The van der Waals surface area contributed by atoms with Crippen LogP contribution in [0.2, 0.25) is 0 Å². The number of hydrogen-bond donors (Lipinski definition) is 0. The normalized spacial score (nSPS) is 13.8. The largest absolute Gasteiger partial charge is 0.330 e. The van der Waals surface area contributed by atoms with Crippen molar-refractivity contribution >= 4 is 0 Å². The molecule has 0 N–H and O–H groups in total. The van der Waals surface area contributed by atoms with Crippen LogP contribution in [0.15, 0.2) is 0 Å². The first-order chi connectivity index (χ1) is 5.74. The third-order valence-corrected chi connectivity index (χ3v) is 1.52. The summed E-state index contributed by atoms with van der Waals surface area (Å²) in [6.07, 6.45) is 1.16. The van der Waals surface area contributed by atoms with Gasteiger partial charge in [-0.05, 0) is 27.2 Å². The van der Waals surface area contributed by atoms with E-state index in [-0.39, 0.29) is 6.10 Å². The predicted molar refractivity (Wildman–Crippen MR) is 47.9 cm³/mol. The Labute approximate surface area is 75.0 Å². The van der Waals surface area contributed by atoms with Crippen molar-refractivity contribution in [1.82, 2.24) is 0 Å². The molecule has 3 nitrogen and oxygen atoms in total. The molecule has 0 amide bonds. The second-order valence-electron chi connectivity index (χ2n) is 2.55. The van der Waals surface area contributed by atoms with Crippen molar-refractivity contribution in [3.63, 3.8) is 0 Å². The van der Waals surface area contributed by atoms with Crippen LogP contribution < -0.4 is 0 Å². The molecule has 0 aliphatic rings. The molecule has 1 atom stereocenters. The van der Waals surface area contributed by atoms with E-state index in [1.54, 1.807) is 0 Å². The summed E-state index contributed by atoms with van der Waals surface area (Å²) >= 11 is 0. The maximum absolute atomic E-state index is 5.44. The van der Waals surface area contributed by atoms with Gasteiger partial charge in [-0.25, -0.2) is 0 Å². The molecule has 0 aliphatic carbocycles. The first kappa shape index (κ1) is 11.9. The molecule has 3 heteroatoms. The minimum Gasteiger partial charge on any atom is -0.330 e. The number of hydrogen-bond acceptors (Lipinski definition) is 3. The van der Waals surface area contributed by atoms with E-state index in [1.807, 2.05) is 20.8 Å². The lowest BCUT2D eigenvalue weighted by Gasteiger charge is -2.20. The van der Waals surface area contributed by atoms with E-state index in [0.29, 0.717) is 13.2 Å². The molecule has 0 aliphatic heterocycles. The van der Waals surface area contributed by atoms with Crippen LogP contribution in [0.5, 0.6) is 0 Å². The van der Waals surface area contributed by atoms with Crippen LogP contribution in [0, 0.1) is 0 Å². The minimum atomic E-state index is -0.491. The first-order valence-electron chi connectivity index (χ1n) is 4.63. The number of ether oxygens (including phenoxy) is 3. The fourth-order valence-electron chi connectivity index (χ4n) is 0.685. The molecule has 74 valence electrons. The van der Waals surface area contributed by atoms with Gasteiger partial charge in [0.05, 0.1) is 6.10 Å². The number of rotatable bonds is 7. The quantitative estimate of drug-likeness (QED) is 0.556. The Morgan fingerprint density at radius 1 is 1.00 bits per heavy atom. The van der Waals surface area contributed by atoms with Crippen LogP contribution in [-0.2, 0) is 14.2 Å². The molecule has 0 aromatic rings. The Morgan fingerprint density at radius 3 is 1.83 bits per heavy atom. The van der Waals surface area contributed by atoms with Gasteiger partial charge in [0.2, 0.25) is 0 Å². The molecule has 0 spiro atoms. The smallest absolute Gasteiger partial charge is 0.271 e. The zero-order valence-corrected chi connectivity index (χ0v) is 8.50. The first-order valence-corrected chi connectivity index (χ1v) is 4.63. The van der Waals surface area contributed by atoms with Gasteiger partial charge in [-0.1, -0.05) is 6.92 Å². The van der Waals surface area contributed by atoms with Crippen molar-refractivity contribution < 1.29 is 14.2 Å². The predicted octanol–water partition coefficient (Wildman–Crippen LogP) is 2.16. The van der Waals surface area contributed by atoms with Crippen LogP contribution in [0.25, 0.3) is 0 Å². The summed E-state index contributed by atoms with van der Waals surface area (Å²) < 4.78 is 15.9. The molecule has 0 heterocycles. The highest BCUT2D eigenvalue weighted by Crippen LogP contribution is 2.04. The van der Waals surface area contributed by atoms with E-state index in [9.17, 15) is 0 Å². The topological polar surface area (TPSA) is 27.7 Å². The van der Waals surface area contributed by atoms with Gasteiger partial charge in [0.1, 0.15) is 0 Å². The van der Waals surface area contributed by atoms with E-state index >= 15 is 0 Å². The third-order valence-electron chi connectivity index (χ3n) is 1.52. The fraction of sp³-hybridized carbons (Fsp3) is 1.00.